The monoisotopic (exact) mass is 346 g/mol. The van der Waals surface area contributed by atoms with Gasteiger partial charge >= 0.3 is 0 Å². The SMILES string of the molecule is Cc1cccc(S(=O)(=O)Nc2ccc(C3CN(C)CCO3)cc2)c1. The van der Waals surface area contributed by atoms with Crippen molar-refractivity contribution in [2.45, 2.75) is 17.9 Å². The highest BCUT2D eigenvalue weighted by molar-refractivity contribution is 7.92. The topological polar surface area (TPSA) is 58.6 Å². The van der Waals surface area contributed by atoms with Crippen LogP contribution in [-0.2, 0) is 14.8 Å². The van der Waals surface area contributed by atoms with E-state index in [9.17, 15) is 8.42 Å². The van der Waals surface area contributed by atoms with Gasteiger partial charge in [-0.15, -0.1) is 0 Å². The smallest absolute Gasteiger partial charge is 0.261 e. The minimum absolute atomic E-state index is 0.0335. The van der Waals surface area contributed by atoms with Crippen molar-refractivity contribution in [1.29, 1.82) is 0 Å². The zero-order chi connectivity index (χ0) is 17.2. The Morgan fingerprint density at radius 1 is 1.17 bits per heavy atom. The Morgan fingerprint density at radius 3 is 2.58 bits per heavy atom. The summed E-state index contributed by atoms with van der Waals surface area (Å²) in [7, 11) is -1.50. The van der Waals surface area contributed by atoms with Crippen LogP contribution in [0, 0.1) is 6.92 Å². The van der Waals surface area contributed by atoms with E-state index in [0.29, 0.717) is 12.3 Å². The van der Waals surface area contributed by atoms with Crippen LogP contribution in [0.2, 0.25) is 0 Å². The molecule has 1 unspecified atom stereocenters. The van der Waals surface area contributed by atoms with Gasteiger partial charge in [-0.2, -0.15) is 0 Å². The Kier molecular flexibility index (Phi) is 4.89. The minimum Gasteiger partial charge on any atom is -0.371 e. The summed E-state index contributed by atoms with van der Waals surface area (Å²) in [5, 5.41) is 0. The normalized spacial score (nSPS) is 19.2. The summed E-state index contributed by atoms with van der Waals surface area (Å²) in [6.07, 6.45) is 0.0335. The molecule has 2 aromatic rings. The quantitative estimate of drug-likeness (QED) is 0.925. The molecule has 1 aliphatic heterocycles. The molecular weight excluding hydrogens is 324 g/mol. The number of nitrogens with zero attached hydrogens (tertiary/aromatic N) is 1. The van der Waals surface area contributed by atoms with Crippen LogP contribution in [-0.4, -0.2) is 40.1 Å². The van der Waals surface area contributed by atoms with Gasteiger partial charge in [-0.1, -0.05) is 24.3 Å². The maximum atomic E-state index is 12.4. The Hall–Kier alpha value is -1.89. The van der Waals surface area contributed by atoms with E-state index in [1.165, 1.54) is 0 Å². The van der Waals surface area contributed by atoms with Gasteiger partial charge in [0.05, 0.1) is 17.6 Å². The number of anilines is 1. The molecule has 24 heavy (non-hydrogen) atoms. The second kappa shape index (κ2) is 6.93. The molecule has 6 heteroatoms. The van der Waals surface area contributed by atoms with E-state index in [0.717, 1.165) is 24.2 Å². The first-order valence-electron chi connectivity index (χ1n) is 7.94. The van der Waals surface area contributed by atoms with Crippen molar-refractivity contribution < 1.29 is 13.2 Å². The van der Waals surface area contributed by atoms with Crippen molar-refractivity contribution in [3.63, 3.8) is 0 Å². The number of likely N-dealkylation sites (N-methyl/N-ethyl adjacent to an activating group) is 1. The molecule has 1 heterocycles. The Morgan fingerprint density at radius 2 is 1.92 bits per heavy atom. The highest BCUT2D eigenvalue weighted by atomic mass is 32.2. The third-order valence-electron chi connectivity index (χ3n) is 4.10. The number of ether oxygens (including phenoxy) is 1. The molecule has 0 bridgehead atoms. The van der Waals surface area contributed by atoms with Gasteiger partial charge in [0.1, 0.15) is 0 Å². The summed E-state index contributed by atoms with van der Waals surface area (Å²) < 4.78 is 33.3. The van der Waals surface area contributed by atoms with E-state index in [4.69, 9.17) is 4.74 Å². The molecule has 0 aliphatic carbocycles. The molecule has 0 spiro atoms. The van der Waals surface area contributed by atoms with E-state index >= 15 is 0 Å². The summed E-state index contributed by atoms with van der Waals surface area (Å²) in [5.41, 5.74) is 2.51. The minimum atomic E-state index is -3.57. The average molecular weight is 346 g/mol. The van der Waals surface area contributed by atoms with Crippen molar-refractivity contribution in [2.75, 3.05) is 31.5 Å². The predicted octanol–water partition coefficient (Wildman–Crippen LogP) is 2.80. The average Bonchev–Trinajstić information content (AvgIpc) is 2.55. The zero-order valence-corrected chi connectivity index (χ0v) is 14.7. The second-order valence-electron chi connectivity index (χ2n) is 6.17. The summed E-state index contributed by atoms with van der Waals surface area (Å²) in [4.78, 5) is 2.49. The van der Waals surface area contributed by atoms with Gasteiger partial charge < -0.3 is 9.64 Å². The third kappa shape index (κ3) is 3.95. The fraction of sp³-hybridized carbons (Fsp3) is 0.333. The lowest BCUT2D eigenvalue weighted by Crippen LogP contribution is -2.35. The van der Waals surface area contributed by atoms with Crippen LogP contribution in [0.3, 0.4) is 0 Å². The van der Waals surface area contributed by atoms with Gasteiger partial charge in [-0.3, -0.25) is 4.72 Å². The number of benzene rings is 2. The van der Waals surface area contributed by atoms with Gasteiger partial charge in [-0.05, 0) is 49.4 Å². The predicted molar refractivity (Wildman–Crippen MR) is 94.6 cm³/mol. The lowest BCUT2D eigenvalue weighted by molar-refractivity contribution is -0.0208. The van der Waals surface area contributed by atoms with E-state index < -0.39 is 10.0 Å². The Bertz CT molecular complexity index is 803. The molecule has 1 N–H and O–H groups in total. The molecule has 1 saturated heterocycles. The summed E-state index contributed by atoms with van der Waals surface area (Å²) in [6.45, 7) is 4.36. The van der Waals surface area contributed by atoms with Crippen LogP contribution in [0.5, 0.6) is 0 Å². The van der Waals surface area contributed by atoms with Crippen molar-refractivity contribution >= 4 is 15.7 Å². The molecule has 2 aromatic carbocycles. The largest absolute Gasteiger partial charge is 0.371 e. The maximum Gasteiger partial charge on any atom is 0.261 e. The van der Waals surface area contributed by atoms with E-state index in [1.807, 2.05) is 25.1 Å². The standard InChI is InChI=1S/C18H22N2O3S/c1-14-4-3-5-17(12-14)24(21,22)19-16-8-6-15(7-9-16)18-13-20(2)10-11-23-18/h3-9,12,18-19H,10-11,13H2,1-2H3. The van der Waals surface area contributed by atoms with Crippen LogP contribution < -0.4 is 4.72 Å². The summed E-state index contributed by atoms with van der Waals surface area (Å²) in [5.74, 6) is 0. The van der Waals surface area contributed by atoms with Crippen molar-refractivity contribution in [1.82, 2.24) is 4.90 Å². The maximum absolute atomic E-state index is 12.4. The first-order chi connectivity index (χ1) is 11.4. The number of hydrogen-bond acceptors (Lipinski definition) is 4. The molecule has 1 atom stereocenters. The third-order valence-corrected chi connectivity index (χ3v) is 5.48. The highest BCUT2D eigenvalue weighted by Gasteiger charge is 2.20. The second-order valence-corrected chi connectivity index (χ2v) is 7.85. The first kappa shape index (κ1) is 17.0. The van der Waals surface area contributed by atoms with Gasteiger partial charge in [-0.25, -0.2) is 8.42 Å². The molecule has 0 amide bonds. The number of hydrogen-bond donors (Lipinski definition) is 1. The number of nitrogens with one attached hydrogen (secondary N) is 1. The van der Waals surface area contributed by atoms with Gasteiger partial charge in [0.15, 0.2) is 0 Å². The molecule has 128 valence electrons. The number of morpholine rings is 1. The van der Waals surface area contributed by atoms with Crippen molar-refractivity contribution in [3.8, 4) is 0 Å². The summed E-state index contributed by atoms with van der Waals surface area (Å²) >= 11 is 0. The van der Waals surface area contributed by atoms with E-state index in [-0.39, 0.29) is 11.0 Å². The number of rotatable bonds is 4. The molecule has 0 aromatic heterocycles. The highest BCUT2D eigenvalue weighted by Crippen LogP contribution is 2.24. The Balaban J connectivity index is 1.74. The fourth-order valence-electron chi connectivity index (χ4n) is 2.74. The molecule has 1 fully saturated rings. The van der Waals surface area contributed by atoms with Gasteiger partial charge in [0, 0.05) is 18.8 Å². The number of sulfonamides is 1. The Labute approximate surface area is 143 Å². The number of aryl methyl sites for hydroxylation is 1. The zero-order valence-electron chi connectivity index (χ0n) is 13.9. The van der Waals surface area contributed by atoms with Gasteiger partial charge in [0.2, 0.25) is 0 Å². The van der Waals surface area contributed by atoms with Gasteiger partial charge in [0.25, 0.3) is 10.0 Å². The fourth-order valence-corrected chi connectivity index (χ4v) is 3.90. The molecule has 5 nitrogen and oxygen atoms in total. The molecule has 0 radical (unpaired) electrons. The van der Waals surface area contributed by atoms with Crippen LogP contribution in [0.1, 0.15) is 17.2 Å². The van der Waals surface area contributed by atoms with Crippen LogP contribution in [0.15, 0.2) is 53.4 Å². The van der Waals surface area contributed by atoms with Crippen LogP contribution >= 0.6 is 0 Å². The molecular formula is C18H22N2O3S. The van der Waals surface area contributed by atoms with Crippen molar-refractivity contribution in [2.24, 2.45) is 0 Å². The molecule has 3 rings (SSSR count). The van der Waals surface area contributed by atoms with Crippen LogP contribution in [0.25, 0.3) is 0 Å². The van der Waals surface area contributed by atoms with Crippen LogP contribution in [0.4, 0.5) is 5.69 Å². The first-order valence-corrected chi connectivity index (χ1v) is 9.42. The molecule has 0 saturated carbocycles. The summed E-state index contributed by atoms with van der Waals surface area (Å²) in [6, 6.07) is 14.2. The lowest BCUT2D eigenvalue weighted by atomic mass is 10.1. The van der Waals surface area contributed by atoms with E-state index in [2.05, 4.69) is 16.7 Å². The lowest BCUT2D eigenvalue weighted by Gasteiger charge is -2.30. The van der Waals surface area contributed by atoms with Crippen molar-refractivity contribution in [3.05, 3.63) is 59.7 Å². The van der Waals surface area contributed by atoms with E-state index in [1.54, 1.807) is 30.3 Å². The molecule has 1 aliphatic rings.